The van der Waals surface area contributed by atoms with Gasteiger partial charge in [0.2, 0.25) is 5.95 Å². The van der Waals surface area contributed by atoms with Gasteiger partial charge in [-0.3, -0.25) is 4.79 Å². The third kappa shape index (κ3) is 3.60. The highest BCUT2D eigenvalue weighted by Crippen LogP contribution is 2.01. The first-order valence-electron chi connectivity index (χ1n) is 4.24. The second-order valence-electron chi connectivity index (χ2n) is 2.72. The van der Waals surface area contributed by atoms with Gasteiger partial charge in [0.25, 0.3) is 0 Å². The monoisotopic (exact) mass is 206 g/mol. The first-order valence-corrected chi connectivity index (χ1v) is 4.24. The smallest absolute Gasteiger partial charge is 0.326 e. The molecular formula is C9H10N4O2. The molecule has 1 aromatic heterocycles. The van der Waals surface area contributed by atoms with Crippen molar-refractivity contribution in [3.8, 4) is 6.07 Å². The molecule has 15 heavy (non-hydrogen) atoms. The quantitative estimate of drug-likeness (QED) is 0.644. The average Bonchev–Trinajstić information content (AvgIpc) is 2.27. The lowest BCUT2D eigenvalue weighted by molar-refractivity contribution is -0.140. The van der Waals surface area contributed by atoms with Crippen LogP contribution in [-0.4, -0.2) is 36.1 Å². The van der Waals surface area contributed by atoms with Crippen molar-refractivity contribution in [1.29, 1.82) is 5.26 Å². The predicted molar refractivity (Wildman–Crippen MR) is 51.9 cm³/mol. The van der Waals surface area contributed by atoms with Crippen LogP contribution in [0.4, 0.5) is 5.95 Å². The van der Waals surface area contributed by atoms with E-state index < -0.39 is 5.97 Å². The molecule has 0 unspecified atom stereocenters. The Hall–Kier alpha value is -2.16. The van der Waals surface area contributed by atoms with Gasteiger partial charge >= 0.3 is 5.97 Å². The minimum atomic E-state index is -0.480. The van der Waals surface area contributed by atoms with Gasteiger partial charge in [-0.1, -0.05) is 0 Å². The van der Waals surface area contributed by atoms with E-state index in [2.05, 4.69) is 14.7 Å². The van der Waals surface area contributed by atoms with Gasteiger partial charge in [0.15, 0.2) is 6.61 Å². The Morgan fingerprint density at radius 2 is 2.27 bits per heavy atom. The minimum Gasteiger partial charge on any atom is -0.449 e. The van der Waals surface area contributed by atoms with Crippen LogP contribution in [0, 0.1) is 11.3 Å². The molecule has 0 saturated heterocycles. The maximum atomic E-state index is 11.1. The van der Waals surface area contributed by atoms with Gasteiger partial charge in [0.1, 0.15) is 12.6 Å². The van der Waals surface area contributed by atoms with E-state index in [1.165, 1.54) is 0 Å². The van der Waals surface area contributed by atoms with E-state index in [1.807, 2.05) is 0 Å². The zero-order valence-electron chi connectivity index (χ0n) is 8.25. The van der Waals surface area contributed by atoms with Crippen molar-refractivity contribution in [1.82, 2.24) is 9.97 Å². The summed E-state index contributed by atoms with van der Waals surface area (Å²) >= 11 is 0. The summed E-state index contributed by atoms with van der Waals surface area (Å²) in [5.74, 6) is -0.0436. The molecule has 1 heterocycles. The Labute approximate surface area is 87.1 Å². The van der Waals surface area contributed by atoms with E-state index in [1.54, 1.807) is 36.5 Å². The molecule has 1 aromatic rings. The number of esters is 1. The molecule has 0 fully saturated rings. The second kappa shape index (κ2) is 5.54. The molecule has 0 aliphatic rings. The summed E-state index contributed by atoms with van der Waals surface area (Å²) in [6.45, 7) is -0.214. The molecule has 0 amide bonds. The third-order valence-corrected chi connectivity index (χ3v) is 1.56. The van der Waals surface area contributed by atoms with Gasteiger partial charge in [0.05, 0.1) is 0 Å². The SMILES string of the molecule is CN(CC(=O)OCC#N)c1ncccn1. The number of carbonyl (C=O) groups is 1. The Morgan fingerprint density at radius 1 is 1.60 bits per heavy atom. The van der Waals surface area contributed by atoms with E-state index >= 15 is 0 Å². The van der Waals surface area contributed by atoms with Crippen LogP contribution in [0.2, 0.25) is 0 Å². The van der Waals surface area contributed by atoms with Crippen molar-refractivity contribution in [2.24, 2.45) is 0 Å². The second-order valence-corrected chi connectivity index (χ2v) is 2.72. The van der Waals surface area contributed by atoms with Gasteiger partial charge in [-0.25, -0.2) is 9.97 Å². The number of anilines is 1. The van der Waals surface area contributed by atoms with Gasteiger partial charge in [-0.2, -0.15) is 5.26 Å². The van der Waals surface area contributed by atoms with Crippen LogP contribution in [0.15, 0.2) is 18.5 Å². The highest BCUT2D eigenvalue weighted by Gasteiger charge is 2.09. The molecule has 1 rings (SSSR count). The number of nitriles is 1. The van der Waals surface area contributed by atoms with Crippen LogP contribution < -0.4 is 4.90 Å². The van der Waals surface area contributed by atoms with Crippen molar-refractivity contribution in [3.63, 3.8) is 0 Å². The van der Waals surface area contributed by atoms with Gasteiger partial charge in [-0.05, 0) is 6.07 Å². The standard InChI is InChI=1S/C9H10N4O2/c1-13(7-8(14)15-6-3-10)9-11-4-2-5-12-9/h2,4-5H,6-7H2,1H3. The lowest BCUT2D eigenvalue weighted by atomic mass is 10.5. The van der Waals surface area contributed by atoms with Crippen LogP contribution in [-0.2, 0) is 9.53 Å². The van der Waals surface area contributed by atoms with Crippen LogP contribution in [0.5, 0.6) is 0 Å². The molecule has 0 N–H and O–H groups in total. The Bertz CT molecular complexity index is 360. The van der Waals surface area contributed by atoms with Crippen LogP contribution in [0.3, 0.4) is 0 Å². The van der Waals surface area contributed by atoms with Crippen molar-refractivity contribution in [3.05, 3.63) is 18.5 Å². The normalized spacial score (nSPS) is 9.07. The number of aromatic nitrogens is 2. The Kier molecular flexibility index (Phi) is 4.04. The molecule has 0 spiro atoms. The predicted octanol–water partition coefficient (Wildman–Crippen LogP) is -0.0204. The summed E-state index contributed by atoms with van der Waals surface area (Å²) in [5, 5.41) is 8.20. The third-order valence-electron chi connectivity index (χ3n) is 1.56. The zero-order valence-corrected chi connectivity index (χ0v) is 8.25. The zero-order chi connectivity index (χ0) is 11.1. The summed E-state index contributed by atoms with van der Waals surface area (Å²) in [7, 11) is 1.67. The molecular weight excluding hydrogens is 196 g/mol. The van der Waals surface area contributed by atoms with E-state index in [0.717, 1.165) is 0 Å². The van der Waals surface area contributed by atoms with Crippen LogP contribution in [0.1, 0.15) is 0 Å². The minimum absolute atomic E-state index is 0.0195. The molecule has 6 heteroatoms. The molecule has 78 valence electrons. The number of ether oxygens (including phenoxy) is 1. The topological polar surface area (TPSA) is 79.1 Å². The number of hydrogen-bond acceptors (Lipinski definition) is 6. The summed E-state index contributed by atoms with van der Waals surface area (Å²) in [6.07, 6.45) is 3.17. The average molecular weight is 206 g/mol. The highest BCUT2D eigenvalue weighted by atomic mass is 16.5. The van der Waals surface area contributed by atoms with Crippen molar-refractivity contribution < 1.29 is 9.53 Å². The van der Waals surface area contributed by atoms with Crippen molar-refractivity contribution in [2.45, 2.75) is 0 Å². The Balaban J connectivity index is 2.46. The summed E-state index contributed by atoms with van der Waals surface area (Å²) in [6, 6.07) is 3.40. The summed E-state index contributed by atoms with van der Waals surface area (Å²) in [5.41, 5.74) is 0. The fourth-order valence-electron chi connectivity index (χ4n) is 0.911. The fourth-order valence-corrected chi connectivity index (χ4v) is 0.911. The van der Waals surface area contributed by atoms with Crippen LogP contribution in [0.25, 0.3) is 0 Å². The molecule has 0 aliphatic carbocycles. The first kappa shape index (κ1) is 10.9. The number of carbonyl (C=O) groups excluding carboxylic acids is 1. The van der Waals surface area contributed by atoms with Gasteiger partial charge < -0.3 is 9.64 Å². The lowest BCUT2D eigenvalue weighted by Crippen LogP contribution is -2.28. The maximum absolute atomic E-state index is 11.1. The lowest BCUT2D eigenvalue weighted by Gasteiger charge is -2.14. The number of hydrogen-bond donors (Lipinski definition) is 0. The van der Waals surface area contributed by atoms with Crippen molar-refractivity contribution in [2.75, 3.05) is 25.1 Å². The summed E-state index contributed by atoms with van der Waals surface area (Å²) < 4.78 is 4.59. The van der Waals surface area contributed by atoms with Crippen molar-refractivity contribution >= 4 is 11.9 Å². The molecule has 0 radical (unpaired) electrons. The highest BCUT2D eigenvalue weighted by molar-refractivity contribution is 5.74. The molecule has 6 nitrogen and oxygen atoms in total. The number of nitrogens with zero attached hydrogens (tertiary/aromatic N) is 4. The van der Waals surface area contributed by atoms with Crippen LogP contribution >= 0.6 is 0 Å². The number of likely N-dealkylation sites (N-methyl/N-ethyl adjacent to an activating group) is 1. The van der Waals surface area contributed by atoms with E-state index in [0.29, 0.717) is 5.95 Å². The fraction of sp³-hybridized carbons (Fsp3) is 0.333. The van der Waals surface area contributed by atoms with E-state index in [9.17, 15) is 4.79 Å². The molecule has 0 saturated carbocycles. The van der Waals surface area contributed by atoms with Gasteiger partial charge in [0, 0.05) is 19.4 Å². The summed E-state index contributed by atoms with van der Waals surface area (Å²) in [4.78, 5) is 20.6. The molecule has 0 aromatic carbocycles. The van der Waals surface area contributed by atoms with Gasteiger partial charge in [-0.15, -0.1) is 0 Å². The van der Waals surface area contributed by atoms with E-state index in [4.69, 9.17) is 5.26 Å². The Morgan fingerprint density at radius 3 is 2.87 bits per heavy atom. The number of rotatable bonds is 4. The first-order chi connectivity index (χ1) is 7.24. The molecule has 0 bridgehead atoms. The van der Waals surface area contributed by atoms with E-state index in [-0.39, 0.29) is 13.2 Å². The largest absolute Gasteiger partial charge is 0.449 e. The molecule has 0 atom stereocenters. The maximum Gasteiger partial charge on any atom is 0.326 e. The molecule has 0 aliphatic heterocycles.